The SMILES string of the molecule is CC[C@H]1OC(=O)[C@H](C)C(=O)[C@H](C)[C@@H](O[C@@H]2OC(Cn3cc(-c4cccc(N)n4)nn3)CC(N(C)C)C2O)[C@](C)(OC)C[C@@H](C)CN[C@H](C)[C@H]2N(CCCCn3cc(-c4cccc(N)c4)nn3)C(=O)O[C@]12C. The summed E-state index contributed by atoms with van der Waals surface area (Å²) in [4.78, 5) is 51.0. The summed E-state index contributed by atoms with van der Waals surface area (Å²) in [6, 6.07) is 11.5. The number of hydrogen-bond acceptors (Lipinski definition) is 18. The Labute approximate surface area is 416 Å². The van der Waals surface area contributed by atoms with Crippen LogP contribution in [0.3, 0.4) is 0 Å². The number of ketones is 1. The van der Waals surface area contributed by atoms with Gasteiger partial charge in [-0.25, -0.2) is 14.5 Å². The highest BCUT2D eigenvalue weighted by Gasteiger charge is 2.59. The van der Waals surface area contributed by atoms with Crippen LogP contribution in [0.15, 0.2) is 54.9 Å². The van der Waals surface area contributed by atoms with Gasteiger partial charge in [0.05, 0.1) is 48.5 Å². The molecule has 388 valence electrons. The van der Waals surface area contributed by atoms with Crippen LogP contribution in [0.1, 0.15) is 80.6 Å². The number of carbonyl (C=O) groups excluding carboxylic acids is 3. The number of anilines is 2. The maximum Gasteiger partial charge on any atom is 0.410 e. The van der Waals surface area contributed by atoms with Crippen molar-refractivity contribution in [2.75, 3.05) is 45.8 Å². The highest BCUT2D eigenvalue weighted by Crippen LogP contribution is 2.40. The number of methoxy groups -OCH3 is 1. The average Bonchev–Trinajstić information content (AvgIpc) is 4.08. The molecule has 3 aromatic heterocycles. The Morgan fingerprint density at radius 2 is 1.65 bits per heavy atom. The fraction of sp³-hybridized carbons (Fsp3) is 0.640. The van der Waals surface area contributed by atoms with Crippen molar-refractivity contribution in [1.82, 2.24) is 50.1 Å². The van der Waals surface area contributed by atoms with Crippen molar-refractivity contribution < 1.29 is 43.2 Å². The monoisotopic (exact) mass is 987 g/mol. The Kier molecular flexibility index (Phi) is 16.8. The van der Waals surface area contributed by atoms with Crippen LogP contribution < -0.4 is 16.8 Å². The number of pyridine rings is 1. The van der Waals surface area contributed by atoms with Gasteiger partial charge in [0.15, 0.2) is 17.7 Å². The maximum atomic E-state index is 14.7. The van der Waals surface area contributed by atoms with Gasteiger partial charge in [-0.1, -0.05) is 49.4 Å². The Bertz CT molecular complexity index is 2450. The zero-order chi connectivity index (χ0) is 51.4. The number of nitrogens with zero attached hydrogens (tertiary/aromatic N) is 9. The summed E-state index contributed by atoms with van der Waals surface area (Å²) in [5.74, 6) is -3.10. The minimum absolute atomic E-state index is 0.0775. The molecule has 6 N–H and O–H groups in total. The molecule has 0 aliphatic carbocycles. The molecular formula is C50H74N12O9. The normalized spacial score (nSPS) is 32.3. The molecule has 7 rings (SSSR count). The maximum absolute atomic E-state index is 14.7. The lowest BCUT2D eigenvalue weighted by Crippen LogP contribution is -2.61. The number of likely N-dealkylation sites (N-methyl/N-ethyl adjacent to an activating group) is 1. The van der Waals surface area contributed by atoms with Crippen LogP contribution in [0.2, 0.25) is 0 Å². The van der Waals surface area contributed by atoms with E-state index in [1.165, 1.54) is 6.92 Å². The standard InChI is InChI=1S/C50H74N12O9/c1-11-40-50(7)44(62(48(66)71-50)21-13-12-20-60-27-37(55-57-60)33-16-14-17-34(51)22-33)32(5)53-25-29(2)24-49(6,67-10)45(30(3)42(63)31(4)46(65)69-40)70-47-43(64)39(59(8)9)23-35(68-47)26-61-28-38(56-58-61)36-18-15-19-41(52)54-36/h14-19,22,27-32,35,39-40,43-45,47,53,64H,11-13,20-21,23-26,51H2,1-10H3,(H2,52,54)/t29-,30+,31-,32-,35?,39?,40-,43?,44-,45-,47+,49-,50-/m1/s1. The highest BCUT2D eigenvalue weighted by molar-refractivity contribution is 6.00. The van der Waals surface area contributed by atoms with E-state index in [9.17, 15) is 19.5 Å². The molecule has 21 nitrogen and oxygen atoms in total. The predicted molar refractivity (Wildman–Crippen MR) is 264 cm³/mol. The largest absolute Gasteiger partial charge is 0.458 e. The summed E-state index contributed by atoms with van der Waals surface area (Å²) in [5.41, 5.74) is 12.8. The third-order valence-corrected chi connectivity index (χ3v) is 14.7. The summed E-state index contributed by atoms with van der Waals surface area (Å²) < 4.78 is 35.8. The van der Waals surface area contributed by atoms with E-state index in [0.717, 1.165) is 5.56 Å². The Hall–Kier alpha value is -5.58. The van der Waals surface area contributed by atoms with Crippen LogP contribution in [0.4, 0.5) is 16.3 Å². The summed E-state index contributed by atoms with van der Waals surface area (Å²) in [6.07, 6.45) is 0.867. The molecule has 71 heavy (non-hydrogen) atoms. The van der Waals surface area contributed by atoms with E-state index in [1.54, 1.807) is 52.7 Å². The minimum Gasteiger partial charge on any atom is -0.458 e. The molecule has 0 saturated carbocycles. The second-order valence-corrected chi connectivity index (χ2v) is 20.4. The number of fused-ring (bicyclic) bond motifs is 1. The number of aliphatic hydroxyl groups is 1. The third-order valence-electron chi connectivity index (χ3n) is 14.7. The molecule has 4 aromatic rings. The zero-order valence-corrected chi connectivity index (χ0v) is 42.8. The van der Waals surface area contributed by atoms with Gasteiger partial charge in [0.2, 0.25) is 0 Å². The molecule has 3 saturated heterocycles. The number of nitrogens with one attached hydrogen (secondary N) is 1. The van der Waals surface area contributed by atoms with E-state index < -0.39 is 83.7 Å². The highest BCUT2D eigenvalue weighted by atomic mass is 16.7. The van der Waals surface area contributed by atoms with Gasteiger partial charge in [-0.3, -0.25) is 19.2 Å². The van der Waals surface area contributed by atoms with Gasteiger partial charge in [0.25, 0.3) is 0 Å². The molecule has 13 atom stereocenters. The van der Waals surface area contributed by atoms with Crippen LogP contribution >= 0.6 is 0 Å². The number of benzene rings is 1. The van der Waals surface area contributed by atoms with Crippen molar-refractivity contribution in [3.8, 4) is 22.6 Å². The second kappa shape index (κ2) is 22.5. The molecule has 6 heterocycles. The van der Waals surface area contributed by atoms with Gasteiger partial charge in [0, 0.05) is 49.5 Å². The lowest BCUT2D eigenvalue weighted by Gasteiger charge is -2.47. The van der Waals surface area contributed by atoms with Crippen molar-refractivity contribution in [3.63, 3.8) is 0 Å². The molecule has 1 aromatic carbocycles. The van der Waals surface area contributed by atoms with Gasteiger partial charge >= 0.3 is 12.1 Å². The topological polar surface area (TPSA) is 262 Å². The van der Waals surface area contributed by atoms with E-state index in [1.807, 2.05) is 77.2 Å². The summed E-state index contributed by atoms with van der Waals surface area (Å²) in [5, 5.41) is 32.9. The number of aromatic nitrogens is 7. The fourth-order valence-corrected chi connectivity index (χ4v) is 10.8. The van der Waals surface area contributed by atoms with E-state index in [-0.39, 0.29) is 18.5 Å². The number of ether oxygens (including phenoxy) is 5. The van der Waals surface area contributed by atoms with Gasteiger partial charge < -0.3 is 50.5 Å². The summed E-state index contributed by atoms with van der Waals surface area (Å²) >= 11 is 0. The first kappa shape index (κ1) is 53.2. The summed E-state index contributed by atoms with van der Waals surface area (Å²) in [6.45, 7) is 14.6. The van der Waals surface area contributed by atoms with Gasteiger partial charge in [-0.05, 0) is 111 Å². The van der Waals surface area contributed by atoms with Crippen molar-refractivity contribution in [1.29, 1.82) is 0 Å². The molecular weight excluding hydrogens is 913 g/mol. The molecule has 3 aliphatic rings. The van der Waals surface area contributed by atoms with Crippen LogP contribution in [0.5, 0.6) is 0 Å². The number of unbranched alkanes of at least 4 members (excludes halogenated alkanes) is 1. The third kappa shape index (κ3) is 11.9. The molecule has 3 fully saturated rings. The molecule has 0 spiro atoms. The van der Waals surface area contributed by atoms with E-state index in [4.69, 9.17) is 35.2 Å². The Balaban J connectivity index is 1.10. The number of carbonyl (C=O) groups is 3. The zero-order valence-electron chi connectivity index (χ0n) is 42.8. The first-order valence-corrected chi connectivity index (χ1v) is 24.8. The predicted octanol–water partition coefficient (Wildman–Crippen LogP) is 4.20. The number of esters is 1. The molecule has 3 unspecified atom stereocenters. The number of hydrogen-bond donors (Lipinski definition) is 4. The van der Waals surface area contributed by atoms with Gasteiger partial charge in [-0.15, -0.1) is 10.2 Å². The lowest BCUT2D eigenvalue weighted by molar-refractivity contribution is -0.299. The number of nitrogens with two attached hydrogens (primary N) is 2. The molecule has 21 heteroatoms. The molecule has 0 bridgehead atoms. The van der Waals surface area contributed by atoms with Crippen molar-refractivity contribution in [2.45, 2.75) is 154 Å². The number of Topliss-reactive ketones (excluding diaryl/α,β-unsaturated/α-hetero) is 1. The van der Waals surface area contributed by atoms with Crippen LogP contribution in [0.25, 0.3) is 22.6 Å². The lowest BCUT2D eigenvalue weighted by atomic mass is 9.78. The summed E-state index contributed by atoms with van der Waals surface area (Å²) in [7, 11) is 5.33. The minimum atomic E-state index is -1.27. The number of rotatable bonds is 14. The first-order chi connectivity index (χ1) is 33.7. The number of nitrogen functional groups attached to an aromatic ring is 2. The number of amides is 1. The van der Waals surface area contributed by atoms with Crippen LogP contribution in [-0.4, -0.2) is 162 Å². The Morgan fingerprint density at radius 1 is 0.944 bits per heavy atom. The van der Waals surface area contributed by atoms with E-state index in [2.05, 4.69) is 37.8 Å². The van der Waals surface area contributed by atoms with Crippen LogP contribution in [0, 0.1) is 17.8 Å². The van der Waals surface area contributed by atoms with E-state index >= 15 is 0 Å². The number of aliphatic hydroxyl groups excluding tert-OH is 1. The number of cyclic esters (lactones) is 1. The quantitative estimate of drug-likeness (QED) is 0.0597. The Morgan fingerprint density at radius 3 is 2.35 bits per heavy atom. The first-order valence-electron chi connectivity index (χ1n) is 24.8. The molecule has 0 radical (unpaired) electrons. The van der Waals surface area contributed by atoms with Crippen molar-refractivity contribution >= 4 is 29.4 Å². The van der Waals surface area contributed by atoms with E-state index in [0.29, 0.717) is 80.3 Å². The number of aryl methyl sites for hydroxylation is 1. The molecule has 1 amide bonds. The average molecular weight is 987 g/mol. The van der Waals surface area contributed by atoms with Gasteiger partial charge in [-0.2, -0.15) is 0 Å². The van der Waals surface area contributed by atoms with Crippen molar-refractivity contribution in [3.05, 3.63) is 54.9 Å². The second-order valence-electron chi connectivity index (χ2n) is 20.4. The van der Waals surface area contributed by atoms with Gasteiger partial charge in [0.1, 0.15) is 35.3 Å². The smallest absolute Gasteiger partial charge is 0.410 e. The fourth-order valence-electron chi connectivity index (χ4n) is 10.8. The van der Waals surface area contributed by atoms with Crippen molar-refractivity contribution in [2.24, 2.45) is 17.8 Å². The van der Waals surface area contributed by atoms with Crippen LogP contribution in [-0.2, 0) is 46.4 Å². The molecule has 3 aliphatic heterocycles.